The molecule has 1 aromatic rings. The molecule has 0 radical (unpaired) electrons. The van der Waals surface area contributed by atoms with Gasteiger partial charge in [0.2, 0.25) is 0 Å². The summed E-state index contributed by atoms with van der Waals surface area (Å²) in [5, 5.41) is 2.94. The molecule has 2 rings (SSSR count). The lowest BCUT2D eigenvalue weighted by molar-refractivity contribution is 0.0713. The SMILES string of the molecule is NC(=O)c1cc(Br)ccc1O[C@@H]1CCNC[C@@H]1F. The number of benzene rings is 1. The minimum atomic E-state index is -1.08. The topological polar surface area (TPSA) is 64.4 Å². The summed E-state index contributed by atoms with van der Waals surface area (Å²) >= 11 is 3.25. The average Bonchev–Trinajstić information content (AvgIpc) is 2.34. The van der Waals surface area contributed by atoms with Crippen molar-refractivity contribution in [3.63, 3.8) is 0 Å². The minimum absolute atomic E-state index is 0.259. The van der Waals surface area contributed by atoms with Crippen molar-refractivity contribution in [1.82, 2.24) is 5.32 Å². The molecule has 0 aliphatic carbocycles. The van der Waals surface area contributed by atoms with E-state index in [0.717, 1.165) is 4.47 Å². The van der Waals surface area contributed by atoms with Gasteiger partial charge in [-0.15, -0.1) is 0 Å². The van der Waals surface area contributed by atoms with E-state index in [0.29, 0.717) is 18.7 Å². The average molecular weight is 317 g/mol. The molecule has 0 aromatic heterocycles. The molecule has 0 bridgehead atoms. The Kier molecular flexibility index (Phi) is 4.19. The normalized spacial score (nSPS) is 23.7. The van der Waals surface area contributed by atoms with Crippen molar-refractivity contribution in [3.8, 4) is 5.75 Å². The van der Waals surface area contributed by atoms with E-state index in [2.05, 4.69) is 21.2 Å². The Balaban J connectivity index is 2.20. The van der Waals surface area contributed by atoms with E-state index in [1.54, 1.807) is 18.2 Å². The maximum atomic E-state index is 13.6. The van der Waals surface area contributed by atoms with Crippen LogP contribution in [0.25, 0.3) is 0 Å². The number of alkyl halides is 1. The Labute approximate surface area is 113 Å². The first-order valence-corrected chi connectivity index (χ1v) is 6.48. The zero-order chi connectivity index (χ0) is 13.1. The number of carbonyl (C=O) groups excluding carboxylic acids is 1. The quantitative estimate of drug-likeness (QED) is 0.890. The number of primary amides is 1. The van der Waals surface area contributed by atoms with Crippen LogP contribution in [0.5, 0.6) is 5.75 Å². The van der Waals surface area contributed by atoms with Crippen LogP contribution in [0, 0.1) is 0 Å². The highest BCUT2D eigenvalue weighted by Gasteiger charge is 2.27. The summed E-state index contributed by atoms with van der Waals surface area (Å²) in [4.78, 5) is 11.3. The molecule has 1 aliphatic heterocycles. The number of rotatable bonds is 3. The van der Waals surface area contributed by atoms with Gasteiger partial charge in [0.05, 0.1) is 5.56 Å². The van der Waals surface area contributed by atoms with E-state index in [4.69, 9.17) is 10.5 Å². The number of carbonyl (C=O) groups is 1. The molecule has 4 nitrogen and oxygen atoms in total. The van der Waals surface area contributed by atoms with Gasteiger partial charge in [0, 0.05) is 11.0 Å². The fourth-order valence-corrected chi connectivity index (χ4v) is 2.25. The highest BCUT2D eigenvalue weighted by molar-refractivity contribution is 9.10. The fourth-order valence-electron chi connectivity index (χ4n) is 1.89. The van der Waals surface area contributed by atoms with Crippen LogP contribution in [0.4, 0.5) is 4.39 Å². The number of hydrogen-bond acceptors (Lipinski definition) is 3. The summed E-state index contributed by atoms with van der Waals surface area (Å²) in [6.07, 6.45) is -1.05. The van der Waals surface area contributed by atoms with E-state index in [1.165, 1.54) is 0 Å². The van der Waals surface area contributed by atoms with Gasteiger partial charge in [-0.1, -0.05) is 15.9 Å². The standard InChI is InChI=1S/C12H14BrFN2O2/c13-7-1-2-10(8(5-7)12(15)17)18-11-3-4-16-6-9(11)14/h1-2,5,9,11,16H,3-4,6H2,(H2,15,17)/t9-,11+/m0/s1. The molecule has 1 saturated heterocycles. The van der Waals surface area contributed by atoms with Crippen molar-refractivity contribution in [2.24, 2.45) is 5.73 Å². The zero-order valence-corrected chi connectivity index (χ0v) is 11.2. The third kappa shape index (κ3) is 3.00. The summed E-state index contributed by atoms with van der Waals surface area (Å²) in [6.45, 7) is 0.973. The van der Waals surface area contributed by atoms with Gasteiger partial charge in [-0.05, 0) is 31.2 Å². The predicted octanol–water partition coefficient (Wildman–Crippen LogP) is 1.63. The molecule has 0 saturated carbocycles. The predicted molar refractivity (Wildman–Crippen MR) is 69.5 cm³/mol. The van der Waals surface area contributed by atoms with E-state index < -0.39 is 18.2 Å². The molecular formula is C12H14BrFN2O2. The molecule has 1 amide bonds. The van der Waals surface area contributed by atoms with Crippen LogP contribution >= 0.6 is 15.9 Å². The van der Waals surface area contributed by atoms with Gasteiger partial charge in [0.1, 0.15) is 18.0 Å². The molecule has 2 atom stereocenters. The largest absolute Gasteiger partial charge is 0.486 e. The molecule has 98 valence electrons. The molecule has 3 N–H and O–H groups in total. The van der Waals surface area contributed by atoms with Crippen molar-refractivity contribution < 1.29 is 13.9 Å². The highest BCUT2D eigenvalue weighted by Crippen LogP contribution is 2.26. The number of piperidine rings is 1. The number of ether oxygens (including phenoxy) is 1. The fraction of sp³-hybridized carbons (Fsp3) is 0.417. The zero-order valence-electron chi connectivity index (χ0n) is 9.66. The molecule has 0 spiro atoms. The van der Waals surface area contributed by atoms with Crippen molar-refractivity contribution in [2.75, 3.05) is 13.1 Å². The lowest BCUT2D eigenvalue weighted by Crippen LogP contribution is -2.44. The van der Waals surface area contributed by atoms with Crippen molar-refractivity contribution in [1.29, 1.82) is 0 Å². The van der Waals surface area contributed by atoms with Gasteiger partial charge < -0.3 is 15.8 Å². The van der Waals surface area contributed by atoms with Gasteiger partial charge in [0.15, 0.2) is 0 Å². The smallest absolute Gasteiger partial charge is 0.252 e. The first-order valence-electron chi connectivity index (χ1n) is 5.68. The van der Waals surface area contributed by atoms with Gasteiger partial charge in [-0.25, -0.2) is 4.39 Å². The molecule has 1 aromatic carbocycles. The van der Waals surface area contributed by atoms with Gasteiger partial charge in [-0.3, -0.25) is 4.79 Å². The minimum Gasteiger partial charge on any atom is -0.486 e. The lowest BCUT2D eigenvalue weighted by Gasteiger charge is -2.28. The number of nitrogens with one attached hydrogen (secondary N) is 1. The number of nitrogens with two attached hydrogens (primary N) is 1. The van der Waals surface area contributed by atoms with Crippen LogP contribution in [0.3, 0.4) is 0 Å². The monoisotopic (exact) mass is 316 g/mol. The molecule has 6 heteroatoms. The number of hydrogen-bond donors (Lipinski definition) is 2. The Morgan fingerprint density at radius 1 is 1.56 bits per heavy atom. The van der Waals surface area contributed by atoms with E-state index in [-0.39, 0.29) is 12.1 Å². The number of amides is 1. The van der Waals surface area contributed by atoms with Crippen LogP contribution < -0.4 is 15.8 Å². The summed E-state index contributed by atoms with van der Waals surface area (Å²) in [5.74, 6) is -0.254. The van der Waals surface area contributed by atoms with E-state index in [1.807, 2.05) is 0 Å². The summed E-state index contributed by atoms with van der Waals surface area (Å²) in [7, 11) is 0. The van der Waals surface area contributed by atoms with E-state index in [9.17, 15) is 9.18 Å². The van der Waals surface area contributed by atoms with Crippen LogP contribution in [0.15, 0.2) is 22.7 Å². The van der Waals surface area contributed by atoms with Crippen LogP contribution in [0.2, 0.25) is 0 Å². The van der Waals surface area contributed by atoms with Crippen LogP contribution in [0.1, 0.15) is 16.8 Å². The maximum Gasteiger partial charge on any atom is 0.252 e. The first-order chi connectivity index (χ1) is 8.58. The molecule has 18 heavy (non-hydrogen) atoms. The van der Waals surface area contributed by atoms with Crippen LogP contribution in [-0.2, 0) is 0 Å². The number of halogens is 2. The molecule has 1 heterocycles. The van der Waals surface area contributed by atoms with Gasteiger partial charge in [-0.2, -0.15) is 0 Å². The first kappa shape index (κ1) is 13.3. The second-order valence-electron chi connectivity index (χ2n) is 4.17. The Hall–Kier alpha value is -1.14. The summed E-state index contributed by atoms with van der Waals surface area (Å²) < 4.78 is 19.9. The Bertz CT molecular complexity index is 456. The van der Waals surface area contributed by atoms with Gasteiger partial charge in [0.25, 0.3) is 5.91 Å². The molecule has 0 unspecified atom stereocenters. The third-order valence-corrected chi connectivity index (χ3v) is 3.33. The van der Waals surface area contributed by atoms with Crippen LogP contribution in [-0.4, -0.2) is 31.3 Å². The molecule has 1 aliphatic rings. The van der Waals surface area contributed by atoms with Crippen molar-refractivity contribution >= 4 is 21.8 Å². The molecular weight excluding hydrogens is 303 g/mol. The van der Waals surface area contributed by atoms with Gasteiger partial charge >= 0.3 is 0 Å². The Morgan fingerprint density at radius 3 is 3.00 bits per heavy atom. The van der Waals surface area contributed by atoms with Crippen molar-refractivity contribution in [2.45, 2.75) is 18.7 Å². The Morgan fingerprint density at radius 2 is 2.33 bits per heavy atom. The van der Waals surface area contributed by atoms with Crippen molar-refractivity contribution in [3.05, 3.63) is 28.2 Å². The highest BCUT2D eigenvalue weighted by atomic mass is 79.9. The maximum absolute atomic E-state index is 13.6. The molecule has 1 fully saturated rings. The second kappa shape index (κ2) is 5.67. The summed E-state index contributed by atoms with van der Waals surface area (Å²) in [6, 6.07) is 4.93. The second-order valence-corrected chi connectivity index (χ2v) is 5.09. The lowest BCUT2D eigenvalue weighted by atomic mass is 10.1. The van der Waals surface area contributed by atoms with E-state index >= 15 is 0 Å². The summed E-state index contributed by atoms with van der Waals surface area (Å²) in [5.41, 5.74) is 5.54. The third-order valence-electron chi connectivity index (χ3n) is 2.83.